The maximum atomic E-state index is 11.5. The van der Waals surface area contributed by atoms with Gasteiger partial charge in [-0.2, -0.15) is 5.10 Å². The Morgan fingerprint density at radius 1 is 1.42 bits per heavy atom. The third-order valence-electron chi connectivity index (χ3n) is 3.15. The second-order valence-corrected chi connectivity index (χ2v) is 4.29. The van der Waals surface area contributed by atoms with Gasteiger partial charge in [-0.3, -0.25) is 4.79 Å². The van der Waals surface area contributed by atoms with Gasteiger partial charge in [0.1, 0.15) is 23.7 Å². The first kappa shape index (κ1) is 12.2. The fraction of sp³-hybridized carbons (Fsp3) is 0.500. The molecule has 2 aromatic rings. The van der Waals surface area contributed by atoms with E-state index in [1.165, 1.54) is 17.2 Å². The van der Waals surface area contributed by atoms with Crippen LogP contribution in [0, 0.1) is 0 Å². The predicted octanol–water partition coefficient (Wildman–Crippen LogP) is -2.27. The molecule has 1 saturated heterocycles. The van der Waals surface area contributed by atoms with E-state index in [1.807, 2.05) is 0 Å². The van der Waals surface area contributed by atoms with E-state index in [2.05, 4.69) is 15.1 Å². The highest BCUT2D eigenvalue weighted by Gasteiger charge is 2.44. The fourth-order valence-electron chi connectivity index (χ4n) is 2.14. The largest absolute Gasteiger partial charge is 0.394 e. The summed E-state index contributed by atoms with van der Waals surface area (Å²) in [6.07, 6.45) is -1.88. The molecule has 0 saturated carbocycles. The minimum Gasteiger partial charge on any atom is -0.394 e. The standard InChI is InChI=1S/C10H12N4O5/c15-2-5-6(16)7(17)10(19-5)14-8-4(1-13-14)9(18)12-3-11-8/h1,3,5-7,10,15-17H,2H2,(H,11,12,18)/t5-,6-,7-,10-/m0/s1. The summed E-state index contributed by atoms with van der Waals surface area (Å²) in [4.78, 5) is 17.9. The molecule has 0 amide bonds. The smallest absolute Gasteiger partial charge is 0.261 e. The lowest BCUT2D eigenvalue weighted by Crippen LogP contribution is -2.33. The molecular weight excluding hydrogens is 256 g/mol. The molecule has 19 heavy (non-hydrogen) atoms. The van der Waals surface area contributed by atoms with Crippen LogP contribution in [0.2, 0.25) is 0 Å². The van der Waals surface area contributed by atoms with Gasteiger partial charge in [0.25, 0.3) is 5.56 Å². The first-order chi connectivity index (χ1) is 9.13. The van der Waals surface area contributed by atoms with Crippen molar-refractivity contribution < 1.29 is 20.1 Å². The molecule has 1 aliphatic heterocycles. The lowest BCUT2D eigenvalue weighted by Gasteiger charge is -2.15. The fourth-order valence-corrected chi connectivity index (χ4v) is 2.14. The maximum absolute atomic E-state index is 11.5. The van der Waals surface area contributed by atoms with Crippen molar-refractivity contribution >= 4 is 11.0 Å². The minimum atomic E-state index is -1.26. The topological polar surface area (TPSA) is 133 Å². The average Bonchev–Trinajstić information content (AvgIpc) is 2.94. The first-order valence-corrected chi connectivity index (χ1v) is 5.67. The molecule has 1 aliphatic rings. The average molecular weight is 268 g/mol. The van der Waals surface area contributed by atoms with Crippen molar-refractivity contribution in [2.45, 2.75) is 24.5 Å². The number of hydrogen-bond acceptors (Lipinski definition) is 7. The number of aromatic nitrogens is 4. The molecule has 9 heteroatoms. The van der Waals surface area contributed by atoms with E-state index < -0.39 is 31.1 Å². The Labute approximate surface area is 106 Å². The van der Waals surface area contributed by atoms with Crippen LogP contribution in [0.15, 0.2) is 17.3 Å². The first-order valence-electron chi connectivity index (χ1n) is 5.67. The van der Waals surface area contributed by atoms with Crippen molar-refractivity contribution in [1.29, 1.82) is 0 Å². The third kappa shape index (κ3) is 1.75. The highest BCUT2D eigenvalue weighted by molar-refractivity contribution is 5.72. The number of hydrogen-bond donors (Lipinski definition) is 4. The number of aliphatic hydroxyl groups excluding tert-OH is 3. The molecule has 0 aliphatic carbocycles. The van der Waals surface area contributed by atoms with E-state index >= 15 is 0 Å². The quantitative estimate of drug-likeness (QED) is 0.482. The van der Waals surface area contributed by atoms with Crippen molar-refractivity contribution in [3.63, 3.8) is 0 Å². The van der Waals surface area contributed by atoms with Crippen LogP contribution in [-0.2, 0) is 4.74 Å². The highest BCUT2D eigenvalue weighted by Crippen LogP contribution is 2.30. The van der Waals surface area contributed by atoms with Crippen LogP contribution < -0.4 is 5.56 Å². The summed E-state index contributed by atoms with van der Waals surface area (Å²) < 4.78 is 6.54. The summed E-state index contributed by atoms with van der Waals surface area (Å²) in [5.74, 6) is 0. The van der Waals surface area contributed by atoms with Crippen molar-refractivity contribution in [3.05, 3.63) is 22.9 Å². The zero-order chi connectivity index (χ0) is 13.6. The Morgan fingerprint density at radius 3 is 2.89 bits per heavy atom. The molecule has 4 atom stereocenters. The summed E-state index contributed by atoms with van der Waals surface area (Å²) in [6.45, 7) is -0.429. The van der Waals surface area contributed by atoms with E-state index in [0.717, 1.165) is 0 Å². The van der Waals surface area contributed by atoms with Crippen LogP contribution in [0.5, 0.6) is 0 Å². The SMILES string of the molecule is O=c1[nH]cnc2c1cnn2[C@H]1O[C@@H](CO)[C@H](O)[C@@H]1O. The van der Waals surface area contributed by atoms with Gasteiger partial charge in [0.2, 0.25) is 0 Å². The van der Waals surface area contributed by atoms with Crippen molar-refractivity contribution in [2.24, 2.45) is 0 Å². The summed E-state index contributed by atoms with van der Waals surface area (Å²) >= 11 is 0. The highest BCUT2D eigenvalue weighted by atomic mass is 16.6. The van der Waals surface area contributed by atoms with E-state index in [4.69, 9.17) is 9.84 Å². The number of aromatic amines is 1. The lowest BCUT2D eigenvalue weighted by molar-refractivity contribution is -0.0566. The summed E-state index contributed by atoms with van der Waals surface area (Å²) in [7, 11) is 0. The number of nitrogens with one attached hydrogen (secondary N) is 1. The molecule has 102 valence electrons. The lowest BCUT2D eigenvalue weighted by atomic mass is 10.1. The Morgan fingerprint density at radius 2 is 2.21 bits per heavy atom. The predicted molar refractivity (Wildman–Crippen MR) is 61.2 cm³/mol. The molecule has 1 fully saturated rings. The van der Waals surface area contributed by atoms with Crippen LogP contribution in [0.25, 0.3) is 11.0 Å². The van der Waals surface area contributed by atoms with Gasteiger partial charge in [-0.05, 0) is 0 Å². The van der Waals surface area contributed by atoms with Crippen LogP contribution in [0.3, 0.4) is 0 Å². The van der Waals surface area contributed by atoms with Gasteiger partial charge < -0.3 is 25.0 Å². The number of nitrogens with zero attached hydrogens (tertiary/aromatic N) is 3. The molecule has 3 heterocycles. The van der Waals surface area contributed by atoms with E-state index in [9.17, 15) is 15.0 Å². The number of rotatable bonds is 2. The molecule has 0 spiro atoms. The molecule has 2 aromatic heterocycles. The third-order valence-corrected chi connectivity index (χ3v) is 3.15. The van der Waals surface area contributed by atoms with Gasteiger partial charge in [0.05, 0.1) is 19.1 Å². The maximum Gasteiger partial charge on any atom is 0.261 e. The van der Waals surface area contributed by atoms with Gasteiger partial charge >= 0.3 is 0 Å². The van der Waals surface area contributed by atoms with Gasteiger partial charge in [-0.25, -0.2) is 9.67 Å². The van der Waals surface area contributed by atoms with Crippen LogP contribution in [-0.4, -0.2) is 60.0 Å². The Bertz CT molecular complexity index is 653. The minimum absolute atomic E-state index is 0.235. The van der Waals surface area contributed by atoms with Crippen LogP contribution >= 0.6 is 0 Å². The molecule has 0 aromatic carbocycles. The second kappa shape index (κ2) is 4.38. The molecule has 4 N–H and O–H groups in total. The van der Waals surface area contributed by atoms with Gasteiger partial charge in [0.15, 0.2) is 11.9 Å². The van der Waals surface area contributed by atoms with E-state index in [0.29, 0.717) is 0 Å². The zero-order valence-electron chi connectivity index (χ0n) is 9.67. The van der Waals surface area contributed by atoms with Crippen LogP contribution in [0.1, 0.15) is 6.23 Å². The van der Waals surface area contributed by atoms with E-state index in [1.54, 1.807) is 0 Å². The Hall–Kier alpha value is -1.81. The van der Waals surface area contributed by atoms with Crippen molar-refractivity contribution in [3.8, 4) is 0 Å². The van der Waals surface area contributed by atoms with Crippen molar-refractivity contribution in [2.75, 3.05) is 6.61 Å². The summed E-state index contributed by atoms with van der Waals surface area (Å²) in [5, 5.41) is 32.8. The molecule has 0 unspecified atom stereocenters. The second-order valence-electron chi connectivity index (χ2n) is 4.29. The molecule has 9 nitrogen and oxygen atoms in total. The Balaban J connectivity index is 2.06. The summed E-state index contributed by atoms with van der Waals surface area (Å²) in [5.41, 5.74) is -0.124. The van der Waals surface area contributed by atoms with E-state index in [-0.39, 0.29) is 16.6 Å². The normalized spacial score (nSPS) is 31.1. The molecule has 0 bridgehead atoms. The number of fused-ring (bicyclic) bond motifs is 1. The Kier molecular flexibility index (Phi) is 2.82. The zero-order valence-corrected chi connectivity index (χ0v) is 9.67. The number of ether oxygens (including phenoxy) is 1. The molecular formula is C10H12N4O5. The molecule has 0 radical (unpaired) electrons. The van der Waals surface area contributed by atoms with Gasteiger partial charge in [-0.15, -0.1) is 0 Å². The van der Waals surface area contributed by atoms with Gasteiger partial charge in [-0.1, -0.05) is 0 Å². The summed E-state index contributed by atoms with van der Waals surface area (Å²) in [6, 6.07) is 0. The number of H-pyrrole nitrogens is 1. The van der Waals surface area contributed by atoms with Gasteiger partial charge in [0, 0.05) is 0 Å². The number of aliphatic hydroxyl groups is 3. The van der Waals surface area contributed by atoms with Crippen LogP contribution in [0.4, 0.5) is 0 Å². The van der Waals surface area contributed by atoms with Crippen molar-refractivity contribution in [1.82, 2.24) is 19.7 Å². The monoisotopic (exact) mass is 268 g/mol. The molecule has 3 rings (SSSR count).